The molecular formula is C23H24O4S. The molecule has 0 radical (unpaired) electrons. The maximum absolute atomic E-state index is 13.3. The lowest BCUT2D eigenvalue weighted by molar-refractivity contribution is -0.159. The van der Waals surface area contributed by atoms with Gasteiger partial charge in [-0.25, -0.2) is 13.2 Å². The molecule has 0 N–H and O–H groups in total. The summed E-state index contributed by atoms with van der Waals surface area (Å²) in [7, 11) is -3.68. The quantitative estimate of drug-likeness (QED) is 0.554. The van der Waals surface area contributed by atoms with E-state index in [0.717, 1.165) is 32.1 Å². The highest BCUT2D eigenvalue weighted by Gasteiger charge is 2.53. The minimum Gasteiger partial charge on any atom is -0.445 e. The van der Waals surface area contributed by atoms with Crippen molar-refractivity contribution in [1.29, 1.82) is 0 Å². The molecular weight excluding hydrogens is 372 g/mol. The smallest absolute Gasteiger partial charge is 0.334 e. The Kier molecular flexibility index (Phi) is 4.66. The van der Waals surface area contributed by atoms with Crippen LogP contribution < -0.4 is 0 Å². The van der Waals surface area contributed by atoms with Gasteiger partial charge in [-0.2, -0.15) is 0 Å². The van der Waals surface area contributed by atoms with Crippen molar-refractivity contribution in [3.05, 3.63) is 71.8 Å². The first kappa shape index (κ1) is 18.9. The number of fused-ring (bicyclic) bond motifs is 2. The normalized spacial score (nSPS) is 19.9. The molecule has 1 fully saturated rings. The summed E-state index contributed by atoms with van der Waals surface area (Å²) < 4.78 is 32.9. The fraction of sp³-hybridized carbons (Fsp3) is 0.348. The Bertz CT molecular complexity index is 992. The van der Waals surface area contributed by atoms with Gasteiger partial charge in [-0.1, -0.05) is 62.2 Å². The number of rotatable bonds is 3. The highest BCUT2D eigenvalue weighted by Crippen LogP contribution is 2.54. The van der Waals surface area contributed by atoms with Crippen LogP contribution in [0.4, 0.5) is 0 Å². The zero-order valence-corrected chi connectivity index (χ0v) is 16.8. The number of benzene rings is 2. The Morgan fingerprint density at radius 2 is 1.46 bits per heavy atom. The van der Waals surface area contributed by atoms with Crippen LogP contribution in [-0.4, -0.2) is 14.4 Å². The van der Waals surface area contributed by atoms with Crippen LogP contribution in [0.1, 0.15) is 50.2 Å². The number of esters is 1. The average molecular weight is 397 g/mol. The summed E-state index contributed by atoms with van der Waals surface area (Å²) >= 11 is 0. The molecule has 0 bridgehead atoms. The van der Waals surface area contributed by atoms with E-state index in [1.807, 2.05) is 12.1 Å². The highest BCUT2D eigenvalue weighted by atomic mass is 32.2. The van der Waals surface area contributed by atoms with E-state index >= 15 is 0 Å². The van der Waals surface area contributed by atoms with Crippen LogP contribution in [0.15, 0.2) is 70.5 Å². The van der Waals surface area contributed by atoms with Gasteiger partial charge in [0.2, 0.25) is 9.84 Å². The van der Waals surface area contributed by atoms with Gasteiger partial charge in [0.25, 0.3) is 0 Å². The van der Waals surface area contributed by atoms with E-state index in [2.05, 4.69) is 6.58 Å². The maximum Gasteiger partial charge on any atom is 0.334 e. The molecule has 1 heterocycles. The summed E-state index contributed by atoms with van der Waals surface area (Å²) in [6, 6.07) is 13.9. The van der Waals surface area contributed by atoms with E-state index in [4.69, 9.17) is 4.74 Å². The third-order valence-corrected chi connectivity index (χ3v) is 7.81. The van der Waals surface area contributed by atoms with Gasteiger partial charge in [0, 0.05) is 22.6 Å². The van der Waals surface area contributed by atoms with E-state index in [0.29, 0.717) is 16.7 Å². The van der Waals surface area contributed by atoms with Gasteiger partial charge < -0.3 is 4.74 Å². The van der Waals surface area contributed by atoms with Gasteiger partial charge in [-0.15, -0.1) is 0 Å². The van der Waals surface area contributed by atoms with Crippen LogP contribution in [0.25, 0.3) is 0 Å². The Morgan fingerprint density at radius 1 is 0.964 bits per heavy atom. The molecule has 1 saturated carbocycles. The third-order valence-electron chi connectivity index (χ3n) is 5.94. The second-order valence-electron chi connectivity index (χ2n) is 7.74. The lowest BCUT2D eigenvalue weighted by atomic mass is 9.69. The summed E-state index contributed by atoms with van der Waals surface area (Å²) in [5.74, 6) is -0.475. The highest BCUT2D eigenvalue weighted by molar-refractivity contribution is 7.91. The minimum atomic E-state index is -3.68. The molecule has 4 nitrogen and oxygen atoms in total. The molecule has 2 aromatic rings. The first-order valence-electron chi connectivity index (χ1n) is 9.72. The van der Waals surface area contributed by atoms with Gasteiger partial charge in [-0.3, -0.25) is 0 Å². The second kappa shape index (κ2) is 6.89. The predicted molar refractivity (Wildman–Crippen MR) is 107 cm³/mol. The maximum atomic E-state index is 13.3. The zero-order valence-electron chi connectivity index (χ0n) is 16.0. The van der Waals surface area contributed by atoms with Crippen molar-refractivity contribution in [2.24, 2.45) is 5.92 Å². The topological polar surface area (TPSA) is 60.4 Å². The Labute approximate surface area is 166 Å². The molecule has 0 spiro atoms. The van der Waals surface area contributed by atoms with Gasteiger partial charge in [0.05, 0.1) is 9.79 Å². The number of hydrogen-bond donors (Lipinski definition) is 0. The van der Waals surface area contributed by atoms with Crippen LogP contribution in [0.5, 0.6) is 0 Å². The number of sulfone groups is 1. The van der Waals surface area contributed by atoms with Crippen molar-refractivity contribution in [3.63, 3.8) is 0 Å². The number of ether oxygens (including phenoxy) is 1. The molecule has 146 valence electrons. The van der Waals surface area contributed by atoms with E-state index in [9.17, 15) is 13.2 Å². The van der Waals surface area contributed by atoms with Crippen molar-refractivity contribution >= 4 is 15.8 Å². The third kappa shape index (κ3) is 2.72. The summed E-state index contributed by atoms with van der Waals surface area (Å²) in [6.45, 7) is 5.36. The standard InChI is InChI=1S/C23H24O4S/c1-16(2)22(24)27-23(17-10-4-3-5-11-17)18-12-6-8-14-20(18)28(25,26)21-15-9-7-13-19(21)23/h6-9,12-15,17H,1,3-5,10-11H2,2H3. The predicted octanol–water partition coefficient (Wildman–Crippen LogP) is 4.78. The average Bonchev–Trinajstić information content (AvgIpc) is 2.72. The molecule has 2 aliphatic rings. The molecule has 0 saturated heterocycles. The van der Waals surface area contributed by atoms with E-state index in [1.54, 1.807) is 43.3 Å². The Hall–Kier alpha value is -2.40. The molecule has 0 amide bonds. The van der Waals surface area contributed by atoms with Gasteiger partial charge in [-0.05, 0) is 31.9 Å². The largest absolute Gasteiger partial charge is 0.445 e. The summed E-state index contributed by atoms with van der Waals surface area (Å²) in [5, 5.41) is 0. The molecule has 2 aromatic carbocycles. The van der Waals surface area contributed by atoms with Gasteiger partial charge in [0.1, 0.15) is 0 Å². The van der Waals surface area contributed by atoms with Crippen LogP contribution in [0.2, 0.25) is 0 Å². The molecule has 0 atom stereocenters. The van der Waals surface area contributed by atoms with Crippen molar-refractivity contribution in [1.82, 2.24) is 0 Å². The van der Waals surface area contributed by atoms with E-state index < -0.39 is 21.4 Å². The van der Waals surface area contributed by atoms with Crippen molar-refractivity contribution in [3.8, 4) is 0 Å². The van der Waals surface area contributed by atoms with Crippen LogP contribution in [0, 0.1) is 5.92 Å². The fourth-order valence-corrected chi connectivity index (χ4v) is 6.43. The van der Waals surface area contributed by atoms with Crippen molar-refractivity contribution < 1.29 is 17.9 Å². The first-order chi connectivity index (χ1) is 13.4. The molecule has 4 rings (SSSR count). The molecule has 0 unspecified atom stereocenters. The van der Waals surface area contributed by atoms with Crippen LogP contribution in [0.3, 0.4) is 0 Å². The monoisotopic (exact) mass is 396 g/mol. The molecule has 28 heavy (non-hydrogen) atoms. The van der Waals surface area contributed by atoms with E-state index in [1.165, 1.54) is 0 Å². The molecule has 1 aliphatic carbocycles. The lowest BCUT2D eigenvalue weighted by Gasteiger charge is -2.46. The summed E-state index contributed by atoms with van der Waals surface area (Å²) in [5.41, 5.74) is 0.318. The first-order valence-corrected chi connectivity index (χ1v) is 11.2. The Morgan fingerprint density at radius 3 is 1.96 bits per heavy atom. The van der Waals surface area contributed by atoms with Gasteiger partial charge in [0.15, 0.2) is 5.60 Å². The van der Waals surface area contributed by atoms with Crippen molar-refractivity contribution in [2.75, 3.05) is 0 Å². The summed E-state index contributed by atoms with van der Waals surface area (Å²) in [4.78, 5) is 13.2. The number of carbonyl (C=O) groups is 1. The molecule has 1 aliphatic heterocycles. The van der Waals surface area contributed by atoms with Gasteiger partial charge >= 0.3 is 5.97 Å². The molecule has 0 aromatic heterocycles. The minimum absolute atomic E-state index is 0.0161. The number of hydrogen-bond acceptors (Lipinski definition) is 4. The molecule has 5 heteroatoms. The second-order valence-corrected chi connectivity index (χ2v) is 9.62. The van der Waals surface area contributed by atoms with Crippen molar-refractivity contribution in [2.45, 2.75) is 54.4 Å². The number of carbonyl (C=O) groups excluding carboxylic acids is 1. The van der Waals surface area contributed by atoms with Crippen LogP contribution >= 0.6 is 0 Å². The lowest BCUT2D eigenvalue weighted by Crippen LogP contribution is -2.46. The van der Waals surface area contributed by atoms with E-state index in [-0.39, 0.29) is 15.7 Å². The summed E-state index contributed by atoms with van der Waals surface area (Å²) in [6.07, 6.45) is 4.98. The SMILES string of the molecule is C=C(C)C(=O)OC1(C2CCCCC2)c2ccccc2S(=O)(=O)c2ccccc21. The zero-order chi connectivity index (χ0) is 19.9. The Balaban J connectivity index is 2.07. The van der Waals surface area contributed by atoms with Crippen LogP contribution in [-0.2, 0) is 25.0 Å². The fourth-order valence-electron chi connectivity index (χ4n) is 4.65.